The van der Waals surface area contributed by atoms with E-state index < -0.39 is 6.16 Å². The molecule has 3 atom stereocenters. The molecule has 1 aromatic rings. The van der Waals surface area contributed by atoms with E-state index in [0.717, 1.165) is 65.0 Å². The van der Waals surface area contributed by atoms with E-state index >= 15 is 0 Å². The predicted molar refractivity (Wildman–Crippen MR) is 167 cm³/mol. The summed E-state index contributed by atoms with van der Waals surface area (Å²) in [6.45, 7) is 17.5. The largest absolute Gasteiger partial charge is 0.513 e. The van der Waals surface area contributed by atoms with E-state index in [2.05, 4.69) is 34.6 Å². The predicted octanol–water partition coefficient (Wildman–Crippen LogP) is 8.64. The summed E-state index contributed by atoms with van der Waals surface area (Å²) < 4.78 is 17.6. The van der Waals surface area contributed by atoms with Crippen LogP contribution in [0.5, 0.6) is 11.5 Å². The molecular weight excluding hydrogens is 516 g/mol. The maximum atomic E-state index is 12.4. The highest BCUT2D eigenvalue weighted by atomic mass is 16.7. The van der Waals surface area contributed by atoms with Crippen molar-refractivity contribution >= 4 is 6.16 Å². The van der Waals surface area contributed by atoms with Gasteiger partial charge in [0, 0.05) is 24.7 Å². The van der Waals surface area contributed by atoms with Gasteiger partial charge in [0.25, 0.3) is 0 Å². The molecule has 3 unspecified atom stereocenters. The van der Waals surface area contributed by atoms with Crippen LogP contribution in [0.3, 0.4) is 0 Å². The maximum Gasteiger partial charge on any atom is 0.513 e. The monoisotopic (exact) mass is 576 g/mol. The number of rotatable bonds is 18. The molecule has 2 rings (SSSR count). The first-order valence-corrected chi connectivity index (χ1v) is 16.3. The van der Waals surface area contributed by atoms with Gasteiger partial charge in [-0.15, -0.1) is 0 Å². The van der Waals surface area contributed by atoms with Crippen LogP contribution in [0.2, 0.25) is 0 Å². The third-order valence-corrected chi connectivity index (χ3v) is 9.29. The van der Waals surface area contributed by atoms with E-state index in [1.54, 1.807) is 0 Å². The van der Waals surface area contributed by atoms with Gasteiger partial charge in [-0.25, -0.2) is 4.79 Å². The summed E-state index contributed by atoms with van der Waals surface area (Å²) in [6, 6.07) is 0. The highest BCUT2D eigenvalue weighted by Crippen LogP contribution is 2.45. The molecule has 1 aliphatic rings. The zero-order chi connectivity index (χ0) is 30.6. The Morgan fingerprint density at radius 3 is 2.02 bits per heavy atom. The number of fused-ring (bicyclic) bond motifs is 1. The van der Waals surface area contributed by atoms with Crippen LogP contribution < -0.4 is 9.47 Å². The molecule has 6 heteroatoms. The van der Waals surface area contributed by atoms with Crippen molar-refractivity contribution in [3.8, 4) is 11.5 Å². The first kappa shape index (κ1) is 35.4. The Hall–Kier alpha value is -1.79. The first-order chi connectivity index (χ1) is 19.4. The van der Waals surface area contributed by atoms with Gasteiger partial charge in [-0.05, 0) is 94.2 Å². The van der Waals surface area contributed by atoms with Crippen LogP contribution >= 0.6 is 0 Å². The van der Waals surface area contributed by atoms with Crippen LogP contribution in [0.4, 0.5) is 4.79 Å². The third-order valence-electron chi connectivity index (χ3n) is 9.29. The molecule has 1 heterocycles. The van der Waals surface area contributed by atoms with Crippen LogP contribution in [-0.2, 0) is 11.2 Å². The lowest BCUT2D eigenvalue weighted by Gasteiger charge is -2.38. The Morgan fingerprint density at radius 1 is 0.854 bits per heavy atom. The fourth-order valence-electron chi connectivity index (χ4n) is 6.08. The van der Waals surface area contributed by atoms with E-state index in [0.29, 0.717) is 12.2 Å². The Kier molecular flexibility index (Phi) is 15.0. The van der Waals surface area contributed by atoms with Gasteiger partial charge in [0.05, 0.1) is 6.61 Å². The van der Waals surface area contributed by atoms with Gasteiger partial charge >= 0.3 is 6.16 Å². The standard InChI is InChI=1S/C35H60O6/c1-24(2)12-9-13-25(3)14-10-15-26(4)16-11-19-35(8)20-17-31-29(7)32(27(5)28(6)33(31)41-35)40-34(38)39-21-18-30(22-36)23-37/h24-26,30,36-37H,9-23H2,1-8H3. The molecule has 0 aliphatic carbocycles. The second-order valence-corrected chi connectivity index (χ2v) is 13.6. The summed E-state index contributed by atoms with van der Waals surface area (Å²) in [5, 5.41) is 18.4. The summed E-state index contributed by atoms with van der Waals surface area (Å²) >= 11 is 0. The Bertz CT molecular complexity index is 937. The number of hydrogen-bond acceptors (Lipinski definition) is 6. The van der Waals surface area contributed by atoms with Crippen LogP contribution in [0.25, 0.3) is 0 Å². The van der Waals surface area contributed by atoms with Crippen molar-refractivity contribution in [3.05, 3.63) is 22.3 Å². The van der Waals surface area contributed by atoms with Crippen molar-refractivity contribution in [2.75, 3.05) is 19.8 Å². The molecular formula is C35H60O6. The molecule has 0 saturated carbocycles. The number of benzene rings is 1. The van der Waals surface area contributed by atoms with Gasteiger partial charge in [0.1, 0.15) is 17.1 Å². The van der Waals surface area contributed by atoms with Crippen LogP contribution in [0.15, 0.2) is 0 Å². The fraction of sp³-hybridized carbons (Fsp3) is 0.800. The zero-order valence-corrected chi connectivity index (χ0v) is 27.4. The van der Waals surface area contributed by atoms with E-state index in [1.807, 2.05) is 20.8 Å². The number of carbonyl (C=O) groups is 1. The minimum absolute atomic E-state index is 0.0876. The van der Waals surface area contributed by atoms with Crippen LogP contribution in [-0.4, -0.2) is 41.8 Å². The molecule has 0 bridgehead atoms. The van der Waals surface area contributed by atoms with Crippen molar-refractivity contribution < 1.29 is 29.2 Å². The van der Waals surface area contributed by atoms with E-state index in [1.165, 1.54) is 51.4 Å². The van der Waals surface area contributed by atoms with Gasteiger partial charge < -0.3 is 24.4 Å². The fourth-order valence-corrected chi connectivity index (χ4v) is 6.08. The van der Waals surface area contributed by atoms with Crippen molar-refractivity contribution in [2.45, 2.75) is 138 Å². The van der Waals surface area contributed by atoms with Crippen molar-refractivity contribution in [1.29, 1.82) is 0 Å². The van der Waals surface area contributed by atoms with E-state index in [9.17, 15) is 15.0 Å². The molecule has 0 radical (unpaired) electrons. The lowest BCUT2D eigenvalue weighted by Crippen LogP contribution is -2.37. The summed E-state index contributed by atoms with van der Waals surface area (Å²) in [5.41, 5.74) is 3.76. The van der Waals surface area contributed by atoms with E-state index in [4.69, 9.17) is 14.2 Å². The quantitative estimate of drug-likeness (QED) is 0.134. The number of aliphatic hydroxyl groups is 2. The molecule has 41 heavy (non-hydrogen) atoms. The van der Waals surface area contributed by atoms with Crippen LogP contribution in [0, 0.1) is 44.4 Å². The molecule has 0 spiro atoms. The lowest BCUT2D eigenvalue weighted by molar-refractivity contribution is 0.0508. The molecule has 1 aliphatic heterocycles. The Labute approximate surface area is 250 Å². The maximum absolute atomic E-state index is 12.4. The van der Waals surface area contributed by atoms with Gasteiger partial charge in [-0.1, -0.05) is 72.6 Å². The second kappa shape index (κ2) is 17.4. The average molecular weight is 577 g/mol. The summed E-state index contributed by atoms with van der Waals surface area (Å²) in [5.74, 6) is 3.61. The summed E-state index contributed by atoms with van der Waals surface area (Å²) in [7, 11) is 0. The first-order valence-electron chi connectivity index (χ1n) is 16.3. The molecule has 6 nitrogen and oxygen atoms in total. The SMILES string of the molecule is Cc1c(C)c2c(c(C)c1OC(=O)OCCC(CO)CO)CCC(C)(CCCC(C)CCCC(C)CCCC(C)C)O2. The van der Waals surface area contributed by atoms with Crippen molar-refractivity contribution in [2.24, 2.45) is 23.7 Å². The topological polar surface area (TPSA) is 85.2 Å². The normalized spacial score (nSPS) is 18.2. The van der Waals surface area contributed by atoms with Crippen LogP contribution in [0.1, 0.15) is 128 Å². The molecule has 0 fully saturated rings. The minimum Gasteiger partial charge on any atom is -0.487 e. The van der Waals surface area contributed by atoms with Gasteiger partial charge in [0.15, 0.2) is 0 Å². The molecule has 2 N–H and O–H groups in total. The number of hydrogen-bond donors (Lipinski definition) is 2. The van der Waals surface area contributed by atoms with Gasteiger partial charge in [0.2, 0.25) is 0 Å². The van der Waals surface area contributed by atoms with Crippen molar-refractivity contribution in [3.63, 3.8) is 0 Å². The molecule has 236 valence electrons. The number of ether oxygens (including phenoxy) is 3. The van der Waals surface area contributed by atoms with Gasteiger partial charge in [-0.2, -0.15) is 0 Å². The van der Waals surface area contributed by atoms with E-state index in [-0.39, 0.29) is 31.3 Å². The highest BCUT2D eigenvalue weighted by Gasteiger charge is 2.35. The molecule has 1 aromatic carbocycles. The number of aliphatic hydroxyl groups excluding tert-OH is 2. The lowest BCUT2D eigenvalue weighted by atomic mass is 9.83. The minimum atomic E-state index is -0.763. The second-order valence-electron chi connectivity index (χ2n) is 13.6. The summed E-state index contributed by atoms with van der Waals surface area (Å²) in [4.78, 5) is 12.4. The molecule has 0 saturated heterocycles. The highest BCUT2D eigenvalue weighted by molar-refractivity contribution is 5.68. The smallest absolute Gasteiger partial charge is 0.487 e. The average Bonchev–Trinajstić information content (AvgIpc) is 2.92. The van der Waals surface area contributed by atoms with Gasteiger partial charge in [-0.3, -0.25) is 0 Å². The zero-order valence-electron chi connectivity index (χ0n) is 27.4. The molecule has 0 amide bonds. The Morgan fingerprint density at radius 2 is 1.44 bits per heavy atom. The Balaban J connectivity index is 1.86. The van der Waals surface area contributed by atoms with Crippen molar-refractivity contribution in [1.82, 2.24) is 0 Å². The molecule has 0 aromatic heterocycles. The third kappa shape index (κ3) is 11.4. The summed E-state index contributed by atoms with van der Waals surface area (Å²) in [6.07, 6.45) is 13.0. The number of carbonyl (C=O) groups excluding carboxylic acids is 1.